The van der Waals surface area contributed by atoms with Gasteiger partial charge in [-0.15, -0.1) is 0 Å². The van der Waals surface area contributed by atoms with E-state index in [0.29, 0.717) is 12.5 Å². The molecule has 0 bridgehead atoms. The zero-order chi connectivity index (χ0) is 11.7. The first kappa shape index (κ1) is 14.4. The van der Waals surface area contributed by atoms with E-state index >= 15 is 0 Å². The molecule has 15 heavy (non-hydrogen) atoms. The molecule has 0 saturated carbocycles. The van der Waals surface area contributed by atoms with Crippen molar-refractivity contribution in [2.45, 2.75) is 39.7 Å². The fraction of sp³-hybridized carbons (Fsp3) is 0.909. The van der Waals surface area contributed by atoms with Gasteiger partial charge in [-0.1, -0.05) is 13.8 Å². The Labute approximate surface area is 91.6 Å². The second kappa shape index (κ2) is 8.68. The molecule has 1 atom stereocenters. The van der Waals surface area contributed by atoms with Crippen LogP contribution in [0.3, 0.4) is 0 Å². The summed E-state index contributed by atoms with van der Waals surface area (Å²) in [6.45, 7) is 6.53. The molecule has 0 aliphatic heterocycles. The average Bonchev–Trinajstić information content (AvgIpc) is 2.13. The van der Waals surface area contributed by atoms with Crippen LogP contribution >= 0.6 is 0 Å². The number of carbonyl (C=O) groups is 1. The normalized spacial score (nSPS) is 12.9. The van der Waals surface area contributed by atoms with Gasteiger partial charge < -0.3 is 14.6 Å². The highest BCUT2D eigenvalue weighted by Gasteiger charge is 2.06. The minimum Gasteiger partial charge on any atom is -0.463 e. The summed E-state index contributed by atoms with van der Waals surface area (Å²) in [5.41, 5.74) is 0. The lowest BCUT2D eigenvalue weighted by Crippen LogP contribution is -2.23. The van der Waals surface area contributed by atoms with Crippen LogP contribution < -0.4 is 0 Å². The van der Waals surface area contributed by atoms with Crippen molar-refractivity contribution in [3.05, 3.63) is 0 Å². The van der Waals surface area contributed by atoms with Crippen LogP contribution in [0.5, 0.6) is 0 Å². The van der Waals surface area contributed by atoms with Gasteiger partial charge in [-0.25, -0.2) is 0 Å². The molecule has 1 N–H and O–H groups in total. The van der Waals surface area contributed by atoms with Crippen molar-refractivity contribution in [1.82, 2.24) is 0 Å². The number of rotatable bonds is 8. The summed E-state index contributed by atoms with van der Waals surface area (Å²) in [5.74, 6) is 0.299. The summed E-state index contributed by atoms with van der Waals surface area (Å²) in [4.78, 5) is 10.4. The largest absolute Gasteiger partial charge is 0.463 e. The van der Waals surface area contributed by atoms with Gasteiger partial charge in [0.05, 0.1) is 6.61 Å². The molecule has 4 heteroatoms. The molecule has 0 rings (SSSR count). The molecule has 0 heterocycles. The standard InChI is InChI=1S/C11H22O4/c1-9(2)5-4-6-14-7-11(13)8-15-10(3)12/h9,11,13H,4-8H2,1-3H3. The van der Waals surface area contributed by atoms with Gasteiger partial charge in [0.1, 0.15) is 12.7 Å². The maximum atomic E-state index is 10.4. The molecule has 0 aliphatic rings. The fourth-order valence-electron chi connectivity index (χ4n) is 1.07. The Morgan fingerprint density at radius 1 is 1.33 bits per heavy atom. The highest BCUT2D eigenvalue weighted by atomic mass is 16.5. The average molecular weight is 218 g/mol. The van der Waals surface area contributed by atoms with Crippen molar-refractivity contribution in [3.8, 4) is 0 Å². The van der Waals surface area contributed by atoms with Crippen molar-refractivity contribution < 1.29 is 19.4 Å². The van der Waals surface area contributed by atoms with E-state index in [4.69, 9.17) is 4.74 Å². The highest BCUT2D eigenvalue weighted by molar-refractivity contribution is 5.65. The van der Waals surface area contributed by atoms with Crippen molar-refractivity contribution in [2.24, 2.45) is 5.92 Å². The Balaban J connectivity index is 3.23. The molecule has 0 spiro atoms. The number of carbonyl (C=O) groups excluding carboxylic acids is 1. The van der Waals surface area contributed by atoms with E-state index in [1.807, 2.05) is 0 Å². The van der Waals surface area contributed by atoms with E-state index in [9.17, 15) is 9.90 Å². The Morgan fingerprint density at radius 2 is 2.00 bits per heavy atom. The lowest BCUT2D eigenvalue weighted by molar-refractivity contribution is -0.145. The molecular weight excluding hydrogens is 196 g/mol. The zero-order valence-electron chi connectivity index (χ0n) is 9.86. The molecule has 0 aromatic rings. The van der Waals surface area contributed by atoms with E-state index in [2.05, 4.69) is 18.6 Å². The van der Waals surface area contributed by atoms with Crippen LogP contribution in [0.15, 0.2) is 0 Å². The van der Waals surface area contributed by atoms with Gasteiger partial charge in [-0.3, -0.25) is 4.79 Å². The minimum absolute atomic E-state index is 0.0134. The second-order valence-corrected chi connectivity index (χ2v) is 4.07. The summed E-state index contributed by atoms with van der Waals surface area (Å²) in [5, 5.41) is 9.30. The Hall–Kier alpha value is -0.610. The molecule has 0 aromatic carbocycles. The predicted octanol–water partition coefficient (Wildman–Crippen LogP) is 1.36. The molecule has 90 valence electrons. The lowest BCUT2D eigenvalue weighted by Gasteiger charge is -2.11. The van der Waals surface area contributed by atoms with Crippen LogP contribution in [0, 0.1) is 5.92 Å². The monoisotopic (exact) mass is 218 g/mol. The number of aliphatic hydroxyl groups is 1. The number of ether oxygens (including phenoxy) is 2. The summed E-state index contributed by atoms with van der Waals surface area (Å²) >= 11 is 0. The Morgan fingerprint density at radius 3 is 2.53 bits per heavy atom. The lowest BCUT2D eigenvalue weighted by atomic mass is 10.1. The molecule has 0 saturated heterocycles. The quantitative estimate of drug-likeness (QED) is 0.494. The molecular formula is C11H22O4. The third kappa shape index (κ3) is 11.3. The van der Waals surface area contributed by atoms with E-state index in [1.54, 1.807) is 0 Å². The van der Waals surface area contributed by atoms with Crippen LogP contribution in [-0.4, -0.2) is 37.0 Å². The molecule has 0 amide bonds. The molecule has 0 aromatic heterocycles. The number of aliphatic hydroxyl groups excluding tert-OH is 1. The van der Waals surface area contributed by atoms with Gasteiger partial charge >= 0.3 is 5.97 Å². The van der Waals surface area contributed by atoms with E-state index in [-0.39, 0.29) is 19.2 Å². The van der Waals surface area contributed by atoms with Crippen LogP contribution in [0.1, 0.15) is 33.6 Å². The first-order valence-corrected chi connectivity index (χ1v) is 5.41. The molecule has 0 aliphatic carbocycles. The summed E-state index contributed by atoms with van der Waals surface area (Å²) in [6.07, 6.45) is 1.41. The van der Waals surface area contributed by atoms with Crippen molar-refractivity contribution in [1.29, 1.82) is 0 Å². The van der Waals surface area contributed by atoms with E-state index in [0.717, 1.165) is 12.8 Å². The smallest absolute Gasteiger partial charge is 0.302 e. The molecule has 1 unspecified atom stereocenters. The Bertz CT molecular complexity index is 168. The van der Waals surface area contributed by atoms with Crippen LogP contribution in [0.4, 0.5) is 0 Å². The SMILES string of the molecule is CC(=O)OCC(O)COCCCC(C)C. The van der Waals surface area contributed by atoms with Crippen LogP contribution in [-0.2, 0) is 14.3 Å². The first-order valence-electron chi connectivity index (χ1n) is 5.41. The van der Waals surface area contributed by atoms with Crippen molar-refractivity contribution in [2.75, 3.05) is 19.8 Å². The van der Waals surface area contributed by atoms with Crippen molar-refractivity contribution in [3.63, 3.8) is 0 Å². The maximum absolute atomic E-state index is 10.4. The van der Waals surface area contributed by atoms with Gasteiger partial charge in [-0.2, -0.15) is 0 Å². The molecule has 0 radical (unpaired) electrons. The number of hydrogen-bond donors (Lipinski definition) is 1. The van der Waals surface area contributed by atoms with Gasteiger partial charge in [-0.05, 0) is 18.8 Å². The summed E-state index contributed by atoms with van der Waals surface area (Å²) in [6, 6.07) is 0. The zero-order valence-corrected chi connectivity index (χ0v) is 9.86. The van der Waals surface area contributed by atoms with Gasteiger partial charge in [0, 0.05) is 13.5 Å². The Kier molecular flexibility index (Phi) is 8.33. The van der Waals surface area contributed by atoms with E-state index < -0.39 is 6.10 Å². The number of hydrogen-bond acceptors (Lipinski definition) is 4. The second-order valence-electron chi connectivity index (χ2n) is 4.07. The topological polar surface area (TPSA) is 55.8 Å². The van der Waals surface area contributed by atoms with Gasteiger partial charge in [0.15, 0.2) is 0 Å². The predicted molar refractivity (Wildman–Crippen MR) is 57.5 cm³/mol. The van der Waals surface area contributed by atoms with E-state index in [1.165, 1.54) is 6.92 Å². The number of esters is 1. The highest BCUT2D eigenvalue weighted by Crippen LogP contribution is 2.03. The molecule has 4 nitrogen and oxygen atoms in total. The third-order valence-corrected chi connectivity index (χ3v) is 1.86. The molecule has 0 fully saturated rings. The van der Waals surface area contributed by atoms with Crippen molar-refractivity contribution >= 4 is 5.97 Å². The van der Waals surface area contributed by atoms with Gasteiger partial charge in [0.2, 0.25) is 0 Å². The summed E-state index contributed by atoms with van der Waals surface area (Å²) in [7, 11) is 0. The fourth-order valence-corrected chi connectivity index (χ4v) is 1.07. The van der Waals surface area contributed by atoms with Crippen LogP contribution in [0.2, 0.25) is 0 Å². The summed E-state index contributed by atoms with van der Waals surface area (Å²) < 4.78 is 9.87. The first-order chi connectivity index (χ1) is 7.02. The van der Waals surface area contributed by atoms with Crippen LogP contribution in [0.25, 0.3) is 0 Å². The maximum Gasteiger partial charge on any atom is 0.302 e. The minimum atomic E-state index is -0.715. The van der Waals surface area contributed by atoms with Gasteiger partial charge in [0.25, 0.3) is 0 Å². The third-order valence-electron chi connectivity index (χ3n) is 1.86.